The number of carbonyl (C=O) groups is 9. The van der Waals surface area contributed by atoms with Gasteiger partial charge in [-0.15, -0.1) is 0 Å². The summed E-state index contributed by atoms with van der Waals surface area (Å²) in [7, 11) is 0. The zero-order valence-electron chi connectivity index (χ0n) is 33.8. The van der Waals surface area contributed by atoms with Crippen molar-refractivity contribution in [1.29, 1.82) is 0 Å². The van der Waals surface area contributed by atoms with Gasteiger partial charge in [-0.2, -0.15) is 0 Å². The van der Waals surface area contributed by atoms with Crippen LogP contribution in [0, 0.1) is 5.92 Å². The van der Waals surface area contributed by atoms with Gasteiger partial charge in [0.05, 0.1) is 6.42 Å². The van der Waals surface area contributed by atoms with Crippen LogP contribution in [0.5, 0.6) is 0 Å². The molecule has 3 fully saturated rings. The van der Waals surface area contributed by atoms with Gasteiger partial charge in [0.25, 0.3) is 0 Å². The van der Waals surface area contributed by atoms with Gasteiger partial charge in [-0.25, -0.2) is 0 Å². The number of nitrogens with two attached hydrogens (primary N) is 1. The minimum Gasteiger partial charge on any atom is -0.481 e. The molecule has 18 heteroatoms. The lowest BCUT2D eigenvalue weighted by Crippen LogP contribution is -2.61. The van der Waals surface area contributed by atoms with E-state index in [1.165, 1.54) is 9.80 Å². The molecule has 2 aromatic rings. The van der Waals surface area contributed by atoms with E-state index < -0.39 is 114 Å². The molecule has 0 spiro atoms. The fourth-order valence-electron chi connectivity index (χ4n) is 7.90. The lowest BCUT2D eigenvalue weighted by Gasteiger charge is -2.33. The summed E-state index contributed by atoms with van der Waals surface area (Å²) >= 11 is 0. The predicted octanol–water partition coefficient (Wildman–Crippen LogP) is -0.712. The summed E-state index contributed by atoms with van der Waals surface area (Å²) in [5, 5.41) is 22.7. The number of nitrogens with zero attached hydrogens (tertiary/aromatic N) is 2. The number of carbonyl (C=O) groups excluding carboxylic acids is 8. The second kappa shape index (κ2) is 20.6. The summed E-state index contributed by atoms with van der Waals surface area (Å²) in [6.07, 6.45) is -0.241. The second-order valence-corrected chi connectivity index (χ2v) is 15.8. The molecule has 3 aliphatic rings. The average molecular weight is 831 g/mol. The summed E-state index contributed by atoms with van der Waals surface area (Å²) in [6.45, 7) is 3.61. The number of nitrogens with one attached hydrogen (secondary N) is 5. The Morgan fingerprint density at radius 3 is 1.68 bits per heavy atom. The molecule has 5 rings (SSSR count). The number of hydrogen-bond donors (Lipinski definition) is 7. The van der Waals surface area contributed by atoms with Crippen molar-refractivity contribution in [1.82, 2.24) is 36.4 Å². The van der Waals surface area contributed by atoms with Crippen LogP contribution < -0.4 is 32.3 Å². The van der Waals surface area contributed by atoms with Crippen LogP contribution in [-0.4, -0.2) is 124 Å². The van der Waals surface area contributed by atoms with E-state index in [0.717, 1.165) is 0 Å². The lowest BCUT2D eigenvalue weighted by atomic mass is 9.99. The van der Waals surface area contributed by atoms with Gasteiger partial charge >= 0.3 is 5.97 Å². The van der Waals surface area contributed by atoms with Crippen LogP contribution in [0.3, 0.4) is 0 Å². The molecule has 0 saturated carbocycles. The molecule has 0 bridgehead atoms. The van der Waals surface area contributed by atoms with Gasteiger partial charge in [0.1, 0.15) is 42.3 Å². The topological polar surface area (TPSA) is 267 Å². The Morgan fingerprint density at radius 1 is 0.633 bits per heavy atom. The van der Waals surface area contributed by atoms with Crippen molar-refractivity contribution < 1.29 is 48.3 Å². The highest BCUT2D eigenvalue weighted by Crippen LogP contribution is 2.26. The number of aliphatic carboxylic acids is 1. The Balaban J connectivity index is 1.57. The van der Waals surface area contributed by atoms with E-state index >= 15 is 0 Å². The maximum atomic E-state index is 14.5. The standard InChI is InChI=1S/C42H54N8O10/c1-24(2)35-40(58)44-27(17-18-34(52)53)36(54)47-30(22-26-13-7-4-8-14-26)41(59)50-20-10-16-32(50)42(60)49-19-9-15-31(49)39(57)46-29(23-33(43)51)37(55)45-28(38(56)48-35)21-25-11-5-3-6-12-25/h3-8,11-14,24,27-32,35H,9-10,15-23H2,1-2H3,(H2,43,51)(H,44,58)(H,45,55)(H,46,57)(H,47,54)(H,48,56)(H,52,53). The molecule has 2 aromatic carbocycles. The number of carboxylic acid groups (broad SMARTS) is 1. The Morgan fingerprint density at radius 2 is 1.12 bits per heavy atom. The van der Waals surface area contributed by atoms with E-state index in [1.807, 2.05) is 0 Å². The van der Waals surface area contributed by atoms with E-state index in [2.05, 4.69) is 26.6 Å². The number of carboxylic acids is 1. The normalized spacial score (nSPS) is 26.2. The Bertz CT molecular complexity index is 1930. The summed E-state index contributed by atoms with van der Waals surface area (Å²) in [5.74, 6) is -8.02. The first-order valence-corrected chi connectivity index (χ1v) is 20.3. The fourth-order valence-corrected chi connectivity index (χ4v) is 7.90. The van der Waals surface area contributed by atoms with Gasteiger partial charge in [-0.05, 0) is 49.1 Å². The number of fused-ring (bicyclic) bond motifs is 2. The first kappa shape index (κ1) is 44.8. The van der Waals surface area contributed by atoms with Crippen molar-refractivity contribution in [2.24, 2.45) is 11.7 Å². The first-order chi connectivity index (χ1) is 28.6. The molecule has 60 heavy (non-hydrogen) atoms. The van der Waals surface area contributed by atoms with Gasteiger partial charge in [-0.3, -0.25) is 43.2 Å². The van der Waals surface area contributed by atoms with Crippen molar-refractivity contribution in [2.45, 2.75) is 114 Å². The number of primary amides is 1. The SMILES string of the molecule is CC(C)C1NC(=O)C(Cc2ccccc2)NC(=O)C(CC(N)=O)NC(=O)C2CCCN2C(=O)C2CCCN2C(=O)C(Cc2ccccc2)NC(=O)C(CCC(=O)O)NC1=O. The molecule has 0 radical (unpaired) electrons. The minimum atomic E-state index is -1.55. The number of amides is 8. The highest BCUT2D eigenvalue weighted by Gasteiger charge is 2.45. The maximum Gasteiger partial charge on any atom is 0.303 e. The molecule has 3 aliphatic heterocycles. The molecule has 3 saturated heterocycles. The molecule has 8 amide bonds. The molecule has 3 heterocycles. The van der Waals surface area contributed by atoms with Crippen LogP contribution in [0.2, 0.25) is 0 Å². The molecule has 7 unspecified atom stereocenters. The largest absolute Gasteiger partial charge is 0.481 e. The molecule has 7 atom stereocenters. The highest BCUT2D eigenvalue weighted by atomic mass is 16.4. The summed E-state index contributed by atoms with van der Waals surface area (Å²) in [4.78, 5) is 126. The van der Waals surface area contributed by atoms with Crippen LogP contribution in [0.25, 0.3) is 0 Å². The van der Waals surface area contributed by atoms with Crippen LogP contribution in [0.1, 0.15) is 69.9 Å². The number of rotatable bonds is 10. The third-order valence-electron chi connectivity index (χ3n) is 11.0. The van der Waals surface area contributed by atoms with E-state index in [0.29, 0.717) is 24.0 Å². The van der Waals surface area contributed by atoms with Crippen molar-refractivity contribution in [3.05, 3.63) is 71.8 Å². The van der Waals surface area contributed by atoms with E-state index in [4.69, 9.17) is 5.73 Å². The maximum absolute atomic E-state index is 14.5. The third-order valence-corrected chi connectivity index (χ3v) is 11.0. The second-order valence-electron chi connectivity index (χ2n) is 15.8. The minimum absolute atomic E-state index is 0.00702. The summed E-state index contributed by atoms with van der Waals surface area (Å²) in [6, 6.07) is 8.46. The molecule has 0 aliphatic carbocycles. The van der Waals surface area contributed by atoms with Gasteiger partial charge in [-0.1, -0.05) is 74.5 Å². The molecular formula is C42H54N8O10. The zero-order chi connectivity index (χ0) is 43.5. The van der Waals surface area contributed by atoms with Crippen LogP contribution in [-0.2, 0) is 56.0 Å². The molecule has 18 nitrogen and oxygen atoms in total. The fraction of sp³-hybridized carbons (Fsp3) is 0.500. The number of hydrogen-bond acceptors (Lipinski definition) is 9. The van der Waals surface area contributed by atoms with Crippen molar-refractivity contribution >= 4 is 53.2 Å². The Kier molecular flexibility index (Phi) is 15.4. The smallest absolute Gasteiger partial charge is 0.303 e. The molecule has 322 valence electrons. The quantitative estimate of drug-likeness (QED) is 0.158. The lowest BCUT2D eigenvalue weighted by molar-refractivity contribution is -0.148. The van der Waals surface area contributed by atoms with Gasteiger partial charge in [0.2, 0.25) is 47.3 Å². The predicted molar refractivity (Wildman–Crippen MR) is 215 cm³/mol. The molecule has 8 N–H and O–H groups in total. The summed E-state index contributed by atoms with van der Waals surface area (Å²) < 4.78 is 0. The first-order valence-electron chi connectivity index (χ1n) is 20.3. The zero-order valence-corrected chi connectivity index (χ0v) is 33.8. The van der Waals surface area contributed by atoms with Gasteiger partial charge in [0, 0.05) is 32.4 Å². The van der Waals surface area contributed by atoms with Gasteiger partial charge in [0.15, 0.2) is 0 Å². The monoisotopic (exact) mass is 830 g/mol. The van der Waals surface area contributed by atoms with Crippen LogP contribution in [0.15, 0.2) is 60.7 Å². The van der Waals surface area contributed by atoms with Gasteiger partial charge < -0.3 is 47.2 Å². The Hall–Kier alpha value is -6.33. The molecular weight excluding hydrogens is 777 g/mol. The Labute approximate surface area is 347 Å². The van der Waals surface area contributed by atoms with Crippen LogP contribution >= 0.6 is 0 Å². The average Bonchev–Trinajstić information content (AvgIpc) is 3.91. The van der Waals surface area contributed by atoms with E-state index in [-0.39, 0.29) is 45.2 Å². The van der Waals surface area contributed by atoms with E-state index in [1.54, 1.807) is 74.5 Å². The van der Waals surface area contributed by atoms with Crippen LogP contribution in [0.4, 0.5) is 0 Å². The molecule has 0 aromatic heterocycles. The van der Waals surface area contributed by atoms with E-state index in [9.17, 15) is 48.3 Å². The third kappa shape index (κ3) is 11.7. The number of benzene rings is 2. The summed E-state index contributed by atoms with van der Waals surface area (Å²) in [5.41, 5.74) is 6.81. The van der Waals surface area contributed by atoms with Crippen molar-refractivity contribution in [2.75, 3.05) is 13.1 Å². The highest BCUT2D eigenvalue weighted by molar-refractivity contribution is 6.00. The van der Waals surface area contributed by atoms with Crippen molar-refractivity contribution in [3.63, 3.8) is 0 Å². The van der Waals surface area contributed by atoms with Crippen molar-refractivity contribution in [3.8, 4) is 0 Å².